The third-order valence-corrected chi connectivity index (χ3v) is 5.69. The zero-order valence-electron chi connectivity index (χ0n) is 23.3. The van der Waals surface area contributed by atoms with E-state index in [-0.39, 0.29) is 11.1 Å². The third kappa shape index (κ3) is 11.0. The summed E-state index contributed by atoms with van der Waals surface area (Å²) in [6.07, 6.45) is -18.1. The van der Waals surface area contributed by atoms with Crippen LogP contribution in [0.25, 0.3) is 0 Å². The molecule has 0 aliphatic carbocycles. The van der Waals surface area contributed by atoms with Gasteiger partial charge in [-0.25, -0.2) is 9.59 Å². The summed E-state index contributed by atoms with van der Waals surface area (Å²) >= 11 is 0. The first-order chi connectivity index (χ1) is 17.1. The van der Waals surface area contributed by atoms with E-state index < -0.39 is 67.9 Å². The Hall–Kier alpha value is -2.14. The number of carbonyl (C=O) groups is 2. The van der Waals surface area contributed by atoms with Crippen LogP contribution in [0.3, 0.4) is 0 Å². The summed E-state index contributed by atoms with van der Waals surface area (Å²) in [5.74, 6) is -11.6. The summed E-state index contributed by atoms with van der Waals surface area (Å²) in [5, 5.41) is 8.61. The molecule has 2 unspecified atom stereocenters. The van der Waals surface area contributed by atoms with Gasteiger partial charge in [0.15, 0.2) is 19.5 Å². The minimum atomic E-state index is -5.53. The van der Waals surface area contributed by atoms with Gasteiger partial charge in [-0.2, -0.15) is 43.9 Å². The van der Waals surface area contributed by atoms with Gasteiger partial charge in [0.1, 0.15) is 0 Å². The lowest BCUT2D eigenvalue weighted by atomic mass is 9.94. The highest BCUT2D eigenvalue weighted by atomic mass is 28.4. The average molecular weight is 625 g/mol. The Kier molecular flexibility index (Phi) is 12.8. The van der Waals surface area contributed by atoms with Crippen LogP contribution in [0.2, 0.25) is 19.6 Å². The third-order valence-electron chi connectivity index (χ3n) is 4.75. The SMILES string of the molecule is C=C(C)C(=O)OC(C)(C)C(F)(F)C(O)C(F)(F)F.C=C(C)C(=O)OC(C)(C)C(F)(F)C(O[Si](C)(C)C)C(F)(F)F. The average Bonchev–Trinajstić information content (AvgIpc) is 2.68. The van der Waals surface area contributed by atoms with Crippen molar-refractivity contribution in [3.63, 3.8) is 0 Å². The van der Waals surface area contributed by atoms with Crippen LogP contribution in [0.5, 0.6) is 0 Å². The summed E-state index contributed by atoms with van der Waals surface area (Å²) in [6.45, 7) is 15.3. The lowest BCUT2D eigenvalue weighted by Gasteiger charge is -2.41. The minimum absolute atomic E-state index is 0.196. The second kappa shape index (κ2) is 12.8. The molecule has 0 aromatic carbocycles. The lowest BCUT2D eigenvalue weighted by molar-refractivity contribution is -0.309. The van der Waals surface area contributed by atoms with Crippen LogP contribution >= 0.6 is 0 Å². The van der Waals surface area contributed by atoms with Crippen LogP contribution in [-0.2, 0) is 23.5 Å². The molecule has 0 fully saturated rings. The van der Waals surface area contributed by atoms with Crippen LogP contribution < -0.4 is 0 Å². The zero-order valence-corrected chi connectivity index (χ0v) is 24.3. The predicted molar refractivity (Wildman–Crippen MR) is 126 cm³/mol. The number of aliphatic hydroxyl groups excluding tert-OH is 1. The molecule has 0 rings (SSSR count). The molecule has 0 radical (unpaired) electrons. The molecule has 0 aromatic rings. The molecular formula is C23H34F10O6Si. The number of alkyl halides is 10. The Labute approximate surface area is 226 Å². The van der Waals surface area contributed by atoms with Crippen LogP contribution in [0.1, 0.15) is 41.5 Å². The van der Waals surface area contributed by atoms with E-state index in [0.29, 0.717) is 27.7 Å². The van der Waals surface area contributed by atoms with Crippen molar-refractivity contribution in [1.29, 1.82) is 0 Å². The molecule has 6 nitrogen and oxygen atoms in total. The first kappa shape index (κ1) is 40.0. The quantitative estimate of drug-likeness (QED) is 0.125. The van der Waals surface area contributed by atoms with Gasteiger partial charge in [0.25, 0.3) is 0 Å². The fourth-order valence-corrected chi connectivity index (χ4v) is 3.31. The summed E-state index contributed by atoms with van der Waals surface area (Å²) in [5.41, 5.74) is -6.00. The van der Waals surface area contributed by atoms with E-state index in [1.54, 1.807) is 0 Å². The Bertz CT molecular complexity index is 934. The van der Waals surface area contributed by atoms with Crippen molar-refractivity contribution in [2.24, 2.45) is 0 Å². The van der Waals surface area contributed by atoms with Gasteiger partial charge < -0.3 is 19.0 Å². The van der Waals surface area contributed by atoms with Gasteiger partial charge in [-0.1, -0.05) is 13.2 Å². The van der Waals surface area contributed by atoms with Crippen molar-refractivity contribution < 1.29 is 72.5 Å². The number of carbonyl (C=O) groups excluding carboxylic acids is 2. The number of rotatable bonds is 10. The maximum Gasteiger partial charge on any atom is 0.420 e. The summed E-state index contributed by atoms with van der Waals surface area (Å²) < 4.78 is 144. The van der Waals surface area contributed by atoms with Gasteiger partial charge in [-0.3, -0.25) is 0 Å². The molecule has 2 atom stereocenters. The van der Waals surface area contributed by atoms with Crippen molar-refractivity contribution in [3.05, 3.63) is 24.3 Å². The highest BCUT2D eigenvalue weighted by molar-refractivity contribution is 6.69. The van der Waals surface area contributed by atoms with Crippen LogP contribution in [0.4, 0.5) is 43.9 Å². The maximum absolute atomic E-state index is 14.4. The van der Waals surface area contributed by atoms with Crippen molar-refractivity contribution in [2.45, 2.75) is 109 Å². The standard InChI is InChI=1S/C13H21F5O3Si.C10H13F5O3/c1-8(2)9(19)20-11(3,4)12(14,15)10(13(16,17)18)21-22(5,6)7;1-5(2)6(16)18-8(3,4)9(11,12)7(17)10(13,14)15/h10H,1H2,2-7H3;7,17H,1H2,2-4H3. The first-order valence-corrected chi connectivity index (χ1v) is 14.6. The Morgan fingerprint density at radius 2 is 0.975 bits per heavy atom. The monoisotopic (exact) mass is 624 g/mol. The van der Waals surface area contributed by atoms with Gasteiger partial charge in [0.2, 0.25) is 12.2 Å². The molecule has 0 bridgehead atoms. The van der Waals surface area contributed by atoms with Gasteiger partial charge >= 0.3 is 36.1 Å². The largest absolute Gasteiger partial charge is 0.450 e. The Morgan fingerprint density at radius 3 is 1.20 bits per heavy atom. The zero-order chi connectivity index (χ0) is 33.1. The number of aliphatic hydroxyl groups is 1. The molecule has 0 amide bonds. The molecule has 236 valence electrons. The highest BCUT2D eigenvalue weighted by Crippen LogP contribution is 2.44. The van der Waals surface area contributed by atoms with E-state index in [0.717, 1.165) is 6.92 Å². The number of halogens is 10. The van der Waals surface area contributed by atoms with Crippen molar-refractivity contribution in [2.75, 3.05) is 0 Å². The minimum Gasteiger partial charge on any atom is -0.450 e. The maximum atomic E-state index is 14.4. The number of hydrogen-bond acceptors (Lipinski definition) is 6. The van der Waals surface area contributed by atoms with Crippen LogP contribution in [-0.4, -0.2) is 73.0 Å². The summed E-state index contributed by atoms with van der Waals surface area (Å²) in [4.78, 5) is 22.5. The molecule has 0 aliphatic heterocycles. The number of hydrogen-bond donors (Lipinski definition) is 1. The molecule has 40 heavy (non-hydrogen) atoms. The van der Waals surface area contributed by atoms with Gasteiger partial charge in [-0.05, 0) is 61.2 Å². The van der Waals surface area contributed by atoms with Crippen LogP contribution in [0.15, 0.2) is 24.3 Å². The number of ether oxygens (including phenoxy) is 2. The van der Waals surface area contributed by atoms with E-state index in [4.69, 9.17) is 5.11 Å². The van der Waals surface area contributed by atoms with E-state index in [9.17, 15) is 53.5 Å². The summed E-state index contributed by atoms with van der Waals surface area (Å²) in [7, 11) is -2.94. The Morgan fingerprint density at radius 1 is 0.675 bits per heavy atom. The number of esters is 2. The van der Waals surface area contributed by atoms with Gasteiger partial charge in [0.05, 0.1) is 0 Å². The molecule has 0 spiro atoms. The predicted octanol–water partition coefficient (Wildman–Crippen LogP) is 6.74. The van der Waals surface area contributed by atoms with E-state index in [1.165, 1.54) is 26.6 Å². The van der Waals surface area contributed by atoms with Crippen molar-refractivity contribution in [3.8, 4) is 0 Å². The van der Waals surface area contributed by atoms with E-state index in [1.807, 2.05) is 0 Å². The smallest absolute Gasteiger partial charge is 0.420 e. The van der Waals surface area contributed by atoms with Gasteiger partial charge in [0, 0.05) is 11.1 Å². The van der Waals surface area contributed by atoms with E-state index >= 15 is 0 Å². The molecule has 17 heteroatoms. The second-order valence-electron chi connectivity index (χ2n) is 10.7. The topological polar surface area (TPSA) is 82.1 Å². The van der Waals surface area contributed by atoms with Crippen molar-refractivity contribution >= 4 is 20.3 Å². The lowest BCUT2D eigenvalue weighted by Crippen LogP contribution is -2.61. The van der Waals surface area contributed by atoms with E-state index in [2.05, 4.69) is 27.1 Å². The molecular weight excluding hydrogens is 590 g/mol. The summed E-state index contributed by atoms with van der Waals surface area (Å²) in [6, 6.07) is 0. The molecule has 0 saturated carbocycles. The normalized spacial score (nSPS) is 15.3. The molecule has 0 aromatic heterocycles. The van der Waals surface area contributed by atoms with Crippen molar-refractivity contribution in [1.82, 2.24) is 0 Å². The first-order valence-electron chi connectivity index (χ1n) is 11.2. The Balaban J connectivity index is 0. The van der Waals surface area contributed by atoms with Gasteiger partial charge in [-0.15, -0.1) is 0 Å². The fourth-order valence-electron chi connectivity index (χ4n) is 2.32. The molecule has 0 saturated heterocycles. The fraction of sp³-hybridized carbons (Fsp3) is 0.739. The molecule has 1 N–H and O–H groups in total. The van der Waals surface area contributed by atoms with Crippen LogP contribution in [0, 0.1) is 0 Å². The second-order valence-corrected chi connectivity index (χ2v) is 15.2. The highest BCUT2D eigenvalue weighted by Gasteiger charge is 2.66. The molecule has 0 aliphatic rings. The molecule has 0 heterocycles.